The van der Waals surface area contributed by atoms with E-state index in [0.29, 0.717) is 12.1 Å². The molecule has 8 nitrogen and oxygen atoms in total. The van der Waals surface area contributed by atoms with Gasteiger partial charge in [0, 0.05) is 18.3 Å². The Morgan fingerprint density at radius 3 is 2.30 bits per heavy atom. The van der Waals surface area contributed by atoms with E-state index in [1.165, 1.54) is 31.1 Å². The van der Waals surface area contributed by atoms with E-state index in [2.05, 4.69) is 9.97 Å². The second-order valence-electron chi connectivity index (χ2n) is 11.0. The van der Waals surface area contributed by atoms with Crippen LogP contribution in [0.5, 0.6) is 0 Å². The van der Waals surface area contributed by atoms with Crippen molar-refractivity contribution >= 4 is 17.6 Å². The van der Waals surface area contributed by atoms with Crippen LogP contribution in [0.3, 0.4) is 0 Å². The first kappa shape index (κ1) is 29.2. The average Bonchev–Trinajstić information content (AvgIpc) is 2.88. The number of benzene rings is 1. The third kappa shape index (κ3) is 5.18. The van der Waals surface area contributed by atoms with Crippen molar-refractivity contribution in [3.8, 4) is 11.3 Å². The quantitative estimate of drug-likeness (QED) is 0.409. The number of nitrogens with zero attached hydrogens (tertiary/aromatic N) is 3. The molecule has 2 aromatic heterocycles. The first-order valence-corrected chi connectivity index (χ1v) is 12.8. The molecule has 11 heteroatoms. The number of anilines is 1. The maximum atomic E-state index is 15.2. The van der Waals surface area contributed by atoms with Gasteiger partial charge in [-0.15, -0.1) is 0 Å². The van der Waals surface area contributed by atoms with Crippen molar-refractivity contribution in [2.45, 2.75) is 63.6 Å². The van der Waals surface area contributed by atoms with Crippen LogP contribution in [-0.2, 0) is 10.2 Å². The highest BCUT2D eigenvalue weighted by molar-refractivity contribution is 6.05. The van der Waals surface area contributed by atoms with Crippen molar-refractivity contribution in [2.24, 2.45) is 11.7 Å². The molecule has 0 radical (unpaired) electrons. The molecule has 1 aliphatic carbocycles. The average molecular weight is 557 g/mol. The second kappa shape index (κ2) is 10.6. The van der Waals surface area contributed by atoms with Crippen LogP contribution in [0.1, 0.15) is 56.6 Å². The summed E-state index contributed by atoms with van der Waals surface area (Å²) in [5, 5.41) is 20.2. The molecule has 1 amide bonds. The molecule has 1 aromatic carbocycles. The Hall–Kier alpha value is -3.83. The third-order valence-electron chi connectivity index (χ3n) is 8.01. The van der Waals surface area contributed by atoms with Crippen molar-refractivity contribution in [1.29, 1.82) is 0 Å². The van der Waals surface area contributed by atoms with Gasteiger partial charge in [0.2, 0.25) is 0 Å². The lowest BCUT2D eigenvalue weighted by atomic mass is 9.72. The normalized spacial score (nSPS) is 23.1. The Morgan fingerprint density at radius 1 is 1.10 bits per heavy atom. The third-order valence-corrected chi connectivity index (χ3v) is 8.01. The number of amides is 1. The lowest BCUT2D eigenvalue weighted by Crippen LogP contribution is -2.59. The summed E-state index contributed by atoms with van der Waals surface area (Å²) >= 11 is 0. The number of hydrogen-bond acceptors (Lipinski definition) is 6. The zero-order chi connectivity index (χ0) is 29.6. The van der Waals surface area contributed by atoms with Gasteiger partial charge in [0.1, 0.15) is 28.8 Å². The predicted molar refractivity (Wildman–Crippen MR) is 142 cm³/mol. The zero-order valence-electron chi connectivity index (χ0n) is 22.5. The first-order valence-electron chi connectivity index (χ1n) is 12.8. The van der Waals surface area contributed by atoms with Gasteiger partial charge < -0.3 is 20.8 Å². The van der Waals surface area contributed by atoms with Gasteiger partial charge in [0.05, 0.1) is 28.5 Å². The highest BCUT2D eigenvalue weighted by Gasteiger charge is 2.45. The summed E-state index contributed by atoms with van der Waals surface area (Å²) in [4.78, 5) is 35.0. The SMILES string of the molecule is C[C@H]1C[C@@H](N(C(=O)c2ccc(F)c(-c3c(F)cc(C(C)(C)C(=O)O)cc3F)n2)c2cccnc2)C[C@@H](N)[C@]1(C)O. The van der Waals surface area contributed by atoms with Crippen LogP contribution in [0.15, 0.2) is 48.8 Å². The number of carbonyl (C=O) groups excluding carboxylic acids is 1. The molecular weight excluding hydrogens is 525 g/mol. The standard InChI is InChI=1S/C29H31F3N4O4/c1-15-10-18(13-23(33)29(15,4)40)36(17-6-5-9-34-14-17)26(37)22-8-7-19(30)25(35-22)24-20(31)11-16(12-21(24)32)28(2,3)27(38)39/h5-9,11-12,14-15,18,23,40H,10,13,33H2,1-4H3,(H,38,39)/t15-,18+,23+,29+/m0/s1. The summed E-state index contributed by atoms with van der Waals surface area (Å²) in [6.07, 6.45) is 3.63. The molecule has 1 saturated carbocycles. The van der Waals surface area contributed by atoms with Crippen molar-refractivity contribution in [2.75, 3.05) is 4.90 Å². The van der Waals surface area contributed by atoms with Crippen LogP contribution in [0.2, 0.25) is 0 Å². The molecule has 0 aliphatic heterocycles. The van der Waals surface area contributed by atoms with Crippen LogP contribution in [0.25, 0.3) is 11.3 Å². The van der Waals surface area contributed by atoms with Gasteiger partial charge in [-0.3, -0.25) is 14.6 Å². The number of aliphatic carboxylic acids is 1. The maximum Gasteiger partial charge on any atom is 0.313 e. The Kier molecular flexibility index (Phi) is 7.75. The van der Waals surface area contributed by atoms with Crippen molar-refractivity contribution < 1.29 is 33.0 Å². The minimum atomic E-state index is -1.61. The predicted octanol–water partition coefficient (Wildman–Crippen LogP) is 4.45. The number of carboxylic acids is 1. The zero-order valence-corrected chi connectivity index (χ0v) is 22.5. The lowest BCUT2D eigenvalue weighted by Gasteiger charge is -2.46. The van der Waals surface area contributed by atoms with E-state index < -0.39 is 63.7 Å². The van der Waals surface area contributed by atoms with Crippen LogP contribution in [0, 0.1) is 23.4 Å². The number of pyridine rings is 2. The van der Waals surface area contributed by atoms with E-state index in [1.807, 2.05) is 6.92 Å². The molecule has 2 heterocycles. The Labute approximate surface area is 229 Å². The molecule has 0 bridgehead atoms. The van der Waals surface area contributed by atoms with E-state index in [-0.39, 0.29) is 23.6 Å². The first-order chi connectivity index (χ1) is 18.7. The van der Waals surface area contributed by atoms with Gasteiger partial charge in [-0.2, -0.15) is 0 Å². The van der Waals surface area contributed by atoms with Gasteiger partial charge in [-0.05, 0) is 81.5 Å². The van der Waals surface area contributed by atoms with Crippen molar-refractivity contribution in [1.82, 2.24) is 9.97 Å². The number of hydrogen-bond donors (Lipinski definition) is 3. The van der Waals surface area contributed by atoms with E-state index in [4.69, 9.17) is 5.73 Å². The number of carboxylic acid groups (broad SMARTS) is 1. The molecule has 3 aromatic rings. The minimum absolute atomic E-state index is 0.159. The molecule has 4 atom stereocenters. The highest BCUT2D eigenvalue weighted by Crippen LogP contribution is 2.37. The smallest absolute Gasteiger partial charge is 0.313 e. The molecule has 4 N–H and O–H groups in total. The fraction of sp³-hybridized carbons (Fsp3) is 0.379. The number of aromatic nitrogens is 2. The van der Waals surface area contributed by atoms with Crippen LogP contribution < -0.4 is 10.6 Å². The molecule has 0 unspecified atom stereocenters. The van der Waals surface area contributed by atoms with E-state index in [0.717, 1.165) is 24.3 Å². The molecule has 212 valence electrons. The monoisotopic (exact) mass is 556 g/mol. The molecule has 0 saturated heterocycles. The molecule has 4 rings (SSSR count). The van der Waals surface area contributed by atoms with Gasteiger partial charge >= 0.3 is 5.97 Å². The van der Waals surface area contributed by atoms with Crippen LogP contribution in [-0.4, -0.2) is 49.7 Å². The molecule has 1 aliphatic rings. The molecular formula is C29H31F3N4O4. The molecule has 0 spiro atoms. The van der Waals surface area contributed by atoms with Gasteiger partial charge in [-0.25, -0.2) is 18.2 Å². The Morgan fingerprint density at radius 2 is 1.75 bits per heavy atom. The number of halogens is 3. The summed E-state index contributed by atoms with van der Waals surface area (Å²) in [5.74, 6) is -5.77. The summed E-state index contributed by atoms with van der Waals surface area (Å²) in [7, 11) is 0. The van der Waals surface area contributed by atoms with Gasteiger partial charge in [0.15, 0.2) is 0 Å². The highest BCUT2D eigenvalue weighted by atomic mass is 19.1. The largest absolute Gasteiger partial charge is 0.481 e. The number of aliphatic hydroxyl groups is 1. The van der Waals surface area contributed by atoms with Crippen molar-refractivity contribution in [3.05, 3.63) is 77.5 Å². The van der Waals surface area contributed by atoms with Crippen molar-refractivity contribution in [3.63, 3.8) is 0 Å². The lowest BCUT2D eigenvalue weighted by molar-refractivity contribution is -0.142. The maximum absolute atomic E-state index is 15.2. The van der Waals surface area contributed by atoms with E-state index in [9.17, 15) is 24.2 Å². The summed E-state index contributed by atoms with van der Waals surface area (Å²) < 4.78 is 45.3. The van der Waals surface area contributed by atoms with E-state index >= 15 is 8.78 Å². The number of nitrogens with two attached hydrogens (primary N) is 1. The van der Waals surface area contributed by atoms with Gasteiger partial charge in [-0.1, -0.05) is 6.92 Å². The summed E-state index contributed by atoms with van der Waals surface area (Å²) in [6.45, 7) is 6.04. The Balaban J connectivity index is 1.79. The van der Waals surface area contributed by atoms with E-state index in [1.54, 1.807) is 19.1 Å². The second-order valence-corrected chi connectivity index (χ2v) is 11.0. The summed E-state index contributed by atoms with van der Waals surface area (Å²) in [5.41, 5.74) is 1.91. The fourth-order valence-electron chi connectivity index (χ4n) is 4.98. The Bertz CT molecular complexity index is 1410. The topological polar surface area (TPSA) is 130 Å². The fourth-order valence-corrected chi connectivity index (χ4v) is 4.98. The number of rotatable bonds is 6. The molecule has 40 heavy (non-hydrogen) atoms. The van der Waals surface area contributed by atoms with Crippen LogP contribution in [0.4, 0.5) is 18.9 Å². The van der Waals surface area contributed by atoms with Gasteiger partial charge in [0.25, 0.3) is 5.91 Å². The molecule has 1 fully saturated rings. The summed E-state index contributed by atoms with van der Waals surface area (Å²) in [6, 6.07) is 5.80. The number of carbonyl (C=O) groups is 2. The minimum Gasteiger partial charge on any atom is -0.481 e. The van der Waals surface area contributed by atoms with Crippen LogP contribution >= 0.6 is 0 Å².